The second-order valence-electron chi connectivity index (χ2n) is 8.34. The summed E-state index contributed by atoms with van der Waals surface area (Å²) < 4.78 is 5.86. The molecular formula is C21H33N3O2. The van der Waals surface area contributed by atoms with Crippen molar-refractivity contribution >= 4 is 5.91 Å². The fraction of sp³-hybridized carbons (Fsp3) is 0.667. The van der Waals surface area contributed by atoms with Crippen LogP contribution >= 0.6 is 0 Å². The molecular weight excluding hydrogens is 326 g/mol. The third-order valence-corrected chi connectivity index (χ3v) is 5.95. The molecule has 0 bridgehead atoms. The molecule has 5 nitrogen and oxygen atoms in total. The third kappa shape index (κ3) is 4.77. The molecule has 5 heteroatoms. The number of carbonyl (C=O) groups is 1. The van der Waals surface area contributed by atoms with Crippen LogP contribution in [0.3, 0.4) is 0 Å². The van der Waals surface area contributed by atoms with Gasteiger partial charge in [-0.05, 0) is 63.5 Å². The monoisotopic (exact) mass is 359 g/mol. The summed E-state index contributed by atoms with van der Waals surface area (Å²) in [5, 5.41) is 0. The number of ether oxygens (including phenoxy) is 1. The van der Waals surface area contributed by atoms with Gasteiger partial charge < -0.3 is 14.5 Å². The Bertz CT molecular complexity index is 619. The lowest BCUT2D eigenvalue weighted by Crippen LogP contribution is -2.39. The molecule has 3 rings (SSSR count). The molecule has 1 aromatic rings. The van der Waals surface area contributed by atoms with Crippen molar-refractivity contribution in [3.63, 3.8) is 0 Å². The van der Waals surface area contributed by atoms with Gasteiger partial charge >= 0.3 is 0 Å². The molecule has 2 fully saturated rings. The van der Waals surface area contributed by atoms with Crippen LogP contribution in [0.5, 0.6) is 5.75 Å². The number of rotatable bonds is 7. The van der Waals surface area contributed by atoms with Crippen molar-refractivity contribution in [2.45, 2.75) is 31.8 Å². The van der Waals surface area contributed by atoms with Crippen molar-refractivity contribution in [3.05, 3.63) is 29.8 Å². The highest BCUT2D eigenvalue weighted by molar-refractivity contribution is 5.77. The van der Waals surface area contributed by atoms with E-state index < -0.39 is 0 Å². The van der Waals surface area contributed by atoms with Crippen LogP contribution in [0.15, 0.2) is 24.3 Å². The van der Waals surface area contributed by atoms with Gasteiger partial charge in [0.05, 0.1) is 0 Å². The Balaban J connectivity index is 1.53. The van der Waals surface area contributed by atoms with Crippen LogP contribution in [0.2, 0.25) is 0 Å². The second kappa shape index (κ2) is 8.40. The van der Waals surface area contributed by atoms with Gasteiger partial charge in [0.1, 0.15) is 12.4 Å². The van der Waals surface area contributed by atoms with Gasteiger partial charge in [0.2, 0.25) is 5.91 Å². The van der Waals surface area contributed by atoms with Crippen LogP contribution in [0.4, 0.5) is 0 Å². The number of likely N-dealkylation sites (tertiary alicyclic amines) is 1. The summed E-state index contributed by atoms with van der Waals surface area (Å²) in [5.74, 6) is 2.51. The molecule has 0 spiro atoms. The minimum Gasteiger partial charge on any atom is -0.492 e. The lowest BCUT2D eigenvalue weighted by Gasteiger charge is -2.31. The van der Waals surface area contributed by atoms with Crippen molar-refractivity contribution in [3.8, 4) is 5.75 Å². The summed E-state index contributed by atoms with van der Waals surface area (Å²) in [7, 11) is 8.27. The largest absolute Gasteiger partial charge is 0.492 e. The molecule has 26 heavy (non-hydrogen) atoms. The summed E-state index contributed by atoms with van der Waals surface area (Å²) >= 11 is 0. The maximum absolute atomic E-state index is 12.0. The number of amides is 1. The number of likely N-dealkylation sites (N-methyl/N-ethyl adjacent to an activating group) is 1. The molecule has 1 amide bonds. The number of benzene rings is 1. The second-order valence-corrected chi connectivity index (χ2v) is 8.34. The predicted molar refractivity (Wildman–Crippen MR) is 104 cm³/mol. The summed E-state index contributed by atoms with van der Waals surface area (Å²) in [6, 6.07) is 9.02. The summed E-state index contributed by atoms with van der Waals surface area (Å²) in [5.41, 5.74) is 1.29. The van der Waals surface area contributed by atoms with Crippen LogP contribution < -0.4 is 4.74 Å². The lowest BCUT2D eigenvalue weighted by atomic mass is 9.88. The van der Waals surface area contributed by atoms with Gasteiger partial charge in [-0.3, -0.25) is 9.69 Å². The fourth-order valence-corrected chi connectivity index (χ4v) is 4.34. The van der Waals surface area contributed by atoms with E-state index in [9.17, 15) is 4.79 Å². The fourth-order valence-electron chi connectivity index (χ4n) is 4.34. The van der Waals surface area contributed by atoms with E-state index in [0.717, 1.165) is 38.2 Å². The minimum atomic E-state index is 0.317. The number of carbonyl (C=O) groups excluding carboxylic acids is 1. The van der Waals surface area contributed by atoms with Gasteiger partial charge in [-0.1, -0.05) is 12.1 Å². The zero-order valence-electron chi connectivity index (χ0n) is 16.6. The summed E-state index contributed by atoms with van der Waals surface area (Å²) in [6.07, 6.45) is 3.10. The molecule has 0 N–H and O–H groups in total. The van der Waals surface area contributed by atoms with Gasteiger partial charge in [0.25, 0.3) is 0 Å². The first kappa shape index (κ1) is 19.2. The zero-order valence-corrected chi connectivity index (χ0v) is 16.6. The highest BCUT2D eigenvalue weighted by atomic mass is 16.5. The average Bonchev–Trinajstić information content (AvgIpc) is 2.98. The van der Waals surface area contributed by atoms with Gasteiger partial charge in [-0.2, -0.15) is 0 Å². The number of hydrogen-bond acceptors (Lipinski definition) is 4. The molecule has 1 aliphatic carbocycles. The quantitative estimate of drug-likeness (QED) is 0.749. The van der Waals surface area contributed by atoms with E-state index in [1.54, 1.807) is 0 Å². The smallest absolute Gasteiger partial charge is 0.222 e. The molecule has 1 heterocycles. The Morgan fingerprint density at radius 3 is 2.73 bits per heavy atom. The van der Waals surface area contributed by atoms with E-state index in [-0.39, 0.29) is 0 Å². The number of hydrogen-bond donors (Lipinski definition) is 0. The van der Waals surface area contributed by atoms with Gasteiger partial charge in [0, 0.05) is 39.1 Å². The van der Waals surface area contributed by atoms with E-state index in [1.807, 2.05) is 18.0 Å². The third-order valence-electron chi connectivity index (χ3n) is 5.95. The molecule has 0 unspecified atom stereocenters. The lowest BCUT2D eigenvalue weighted by molar-refractivity contribution is -0.134. The zero-order chi connectivity index (χ0) is 18.7. The number of piperidine rings is 1. The summed E-state index contributed by atoms with van der Waals surface area (Å²) in [4.78, 5) is 18.5. The Kier molecular flexibility index (Phi) is 6.20. The molecule has 144 valence electrons. The molecule has 3 atom stereocenters. The van der Waals surface area contributed by atoms with Crippen LogP contribution in [0, 0.1) is 11.8 Å². The predicted octanol–water partition coefficient (Wildman–Crippen LogP) is 2.32. The van der Waals surface area contributed by atoms with E-state index in [4.69, 9.17) is 4.74 Å². The molecule has 1 aromatic carbocycles. The number of fused-ring (bicyclic) bond motifs is 1. The Labute approximate surface area is 157 Å². The van der Waals surface area contributed by atoms with E-state index in [0.29, 0.717) is 30.4 Å². The first-order valence-electron chi connectivity index (χ1n) is 9.73. The van der Waals surface area contributed by atoms with Crippen LogP contribution in [0.25, 0.3) is 0 Å². The Morgan fingerprint density at radius 2 is 1.96 bits per heavy atom. The minimum absolute atomic E-state index is 0.317. The Hall–Kier alpha value is -1.59. The molecule has 2 aliphatic rings. The highest BCUT2D eigenvalue weighted by Crippen LogP contribution is 2.40. The highest BCUT2D eigenvalue weighted by Gasteiger charge is 2.41. The van der Waals surface area contributed by atoms with Crippen LogP contribution in [-0.4, -0.2) is 74.5 Å². The first-order valence-corrected chi connectivity index (χ1v) is 9.73. The van der Waals surface area contributed by atoms with E-state index >= 15 is 0 Å². The maximum atomic E-state index is 12.0. The van der Waals surface area contributed by atoms with Crippen molar-refractivity contribution in [1.82, 2.24) is 14.7 Å². The van der Waals surface area contributed by atoms with Gasteiger partial charge in [-0.25, -0.2) is 0 Å². The van der Waals surface area contributed by atoms with Crippen molar-refractivity contribution in [1.29, 1.82) is 0 Å². The van der Waals surface area contributed by atoms with Crippen molar-refractivity contribution in [2.24, 2.45) is 11.8 Å². The normalized spacial score (nSPS) is 25.8. The van der Waals surface area contributed by atoms with Crippen LogP contribution in [0.1, 0.15) is 24.8 Å². The van der Waals surface area contributed by atoms with Crippen molar-refractivity contribution in [2.75, 3.05) is 47.9 Å². The van der Waals surface area contributed by atoms with Gasteiger partial charge in [0.15, 0.2) is 0 Å². The molecule has 1 saturated carbocycles. The van der Waals surface area contributed by atoms with Crippen molar-refractivity contribution < 1.29 is 9.53 Å². The topological polar surface area (TPSA) is 36.0 Å². The first-order chi connectivity index (χ1) is 12.4. The van der Waals surface area contributed by atoms with E-state index in [2.05, 4.69) is 49.1 Å². The summed E-state index contributed by atoms with van der Waals surface area (Å²) in [6.45, 7) is 3.49. The molecule has 1 saturated heterocycles. The SMILES string of the molecule is CN(C)CCOc1cccc(CN(C)[C@@H]2C[C@@H]3CC(=O)N(C)C[C@@H]3C2)c1. The maximum Gasteiger partial charge on any atom is 0.222 e. The Morgan fingerprint density at radius 1 is 1.19 bits per heavy atom. The molecule has 1 aliphatic heterocycles. The molecule has 0 aromatic heterocycles. The average molecular weight is 360 g/mol. The van der Waals surface area contributed by atoms with E-state index in [1.165, 1.54) is 12.0 Å². The number of nitrogens with zero attached hydrogens (tertiary/aromatic N) is 3. The van der Waals surface area contributed by atoms with Gasteiger partial charge in [-0.15, -0.1) is 0 Å². The standard InChI is InChI=1S/C21H33N3O2/c1-22(2)8-9-26-20-7-5-6-16(10-20)14-23(3)19-11-17-13-21(25)24(4)15-18(17)12-19/h5-7,10,17-19H,8-9,11-15H2,1-4H3/t17-,18+,19-/m1/s1. The van der Waals surface area contributed by atoms with Crippen LogP contribution in [-0.2, 0) is 11.3 Å². The molecule has 0 radical (unpaired) electrons.